The monoisotopic (exact) mass is 464 g/mol. The number of hydrogen-bond donors (Lipinski definition) is 1. The molecule has 0 aliphatic rings. The third-order valence-electron chi connectivity index (χ3n) is 6.27. The Labute approximate surface area is 204 Å². The van der Waals surface area contributed by atoms with Gasteiger partial charge in [0.15, 0.2) is 0 Å². The number of fused-ring (bicyclic) bond motifs is 2. The van der Waals surface area contributed by atoms with E-state index in [0.29, 0.717) is 22.5 Å². The van der Waals surface area contributed by atoms with Gasteiger partial charge < -0.3 is 10.1 Å². The quantitative estimate of drug-likeness (QED) is 0.299. The predicted molar refractivity (Wildman–Crippen MR) is 141 cm³/mol. The molecule has 1 amide bonds. The number of amides is 1. The molecule has 5 rings (SSSR count). The molecule has 1 heterocycles. The molecule has 6 heteroatoms. The standard InChI is InChI=1S/C29H28N4O2/c1-4-5-8-20-11-13-23(14-12-20)33-31-26-15-19(2)25(18-27(26)32-33)30-29(34)24-16-21-9-6-7-10-22(21)17-28(24)35-3/h6-7,9-18H,4-5,8H2,1-3H3,(H,30,34). The average Bonchev–Trinajstić information content (AvgIpc) is 3.29. The molecule has 0 radical (unpaired) electrons. The van der Waals surface area contributed by atoms with Gasteiger partial charge in [0.2, 0.25) is 0 Å². The molecule has 0 aliphatic heterocycles. The van der Waals surface area contributed by atoms with Crippen molar-refractivity contribution >= 4 is 33.4 Å². The van der Waals surface area contributed by atoms with Gasteiger partial charge in [-0.05, 0) is 78.1 Å². The number of ether oxygens (including phenoxy) is 1. The molecule has 0 aliphatic carbocycles. The van der Waals surface area contributed by atoms with Crippen LogP contribution >= 0.6 is 0 Å². The van der Waals surface area contributed by atoms with E-state index in [1.807, 2.05) is 67.6 Å². The Morgan fingerprint density at radius 2 is 1.63 bits per heavy atom. The second-order valence-electron chi connectivity index (χ2n) is 8.77. The van der Waals surface area contributed by atoms with Crippen LogP contribution in [-0.2, 0) is 6.42 Å². The highest BCUT2D eigenvalue weighted by atomic mass is 16.5. The number of hydrogen-bond acceptors (Lipinski definition) is 4. The van der Waals surface area contributed by atoms with Crippen LogP contribution in [0.1, 0.15) is 41.3 Å². The van der Waals surface area contributed by atoms with Crippen LogP contribution < -0.4 is 10.1 Å². The highest BCUT2D eigenvalue weighted by Crippen LogP contribution is 2.28. The van der Waals surface area contributed by atoms with Gasteiger partial charge in [0.25, 0.3) is 5.91 Å². The smallest absolute Gasteiger partial charge is 0.259 e. The second-order valence-corrected chi connectivity index (χ2v) is 8.77. The highest BCUT2D eigenvalue weighted by molar-refractivity contribution is 6.09. The Hall–Kier alpha value is -4.19. The molecule has 1 N–H and O–H groups in total. The van der Waals surface area contributed by atoms with Crippen molar-refractivity contribution < 1.29 is 9.53 Å². The third kappa shape index (κ3) is 4.60. The number of methoxy groups -OCH3 is 1. The Morgan fingerprint density at radius 3 is 2.31 bits per heavy atom. The molecule has 176 valence electrons. The fourth-order valence-corrected chi connectivity index (χ4v) is 4.25. The molecule has 35 heavy (non-hydrogen) atoms. The molecule has 0 bridgehead atoms. The summed E-state index contributed by atoms with van der Waals surface area (Å²) in [6, 6.07) is 23.8. The van der Waals surface area contributed by atoms with Crippen molar-refractivity contribution in [3.63, 3.8) is 0 Å². The van der Waals surface area contributed by atoms with Gasteiger partial charge in [-0.2, -0.15) is 4.80 Å². The lowest BCUT2D eigenvalue weighted by Gasteiger charge is -2.12. The zero-order chi connectivity index (χ0) is 24.4. The van der Waals surface area contributed by atoms with E-state index in [9.17, 15) is 4.79 Å². The first-order chi connectivity index (χ1) is 17.1. The van der Waals surface area contributed by atoms with E-state index in [-0.39, 0.29) is 5.91 Å². The topological polar surface area (TPSA) is 69.0 Å². The maximum Gasteiger partial charge on any atom is 0.259 e. The molecule has 0 spiro atoms. The molecular formula is C29H28N4O2. The lowest BCUT2D eigenvalue weighted by molar-refractivity contribution is 0.102. The van der Waals surface area contributed by atoms with E-state index in [2.05, 4.69) is 34.6 Å². The minimum absolute atomic E-state index is 0.231. The number of unbranched alkanes of at least 4 members (excludes halogenated alkanes) is 1. The van der Waals surface area contributed by atoms with E-state index < -0.39 is 0 Å². The molecule has 4 aromatic carbocycles. The first-order valence-corrected chi connectivity index (χ1v) is 11.9. The SMILES string of the molecule is CCCCc1ccc(-n2nc3cc(C)c(NC(=O)c4cc5ccccc5cc4OC)cc3n2)cc1. The largest absolute Gasteiger partial charge is 0.496 e. The zero-order valence-electron chi connectivity index (χ0n) is 20.2. The van der Waals surface area contributed by atoms with Crippen molar-refractivity contribution in [1.82, 2.24) is 15.0 Å². The summed E-state index contributed by atoms with van der Waals surface area (Å²) in [6.45, 7) is 4.15. The maximum absolute atomic E-state index is 13.2. The molecule has 5 aromatic rings. The number of aryl methyl sites for hydroxylation is 2. The molecule has 0 saturated heterocycles. The van der Waals surface area contributed by atoms with Crippen molar-refractivity contribution in [3.8, 4) is 11.4 Å². The van der Waals surface area contributed by atoms with Gasteiger partial charge in [-0.3, -0.25) is 4.79 Å². The first kappa shape index (κ1) is 22.6. The number of benzene rings is 4. The highest BCUT2D eigenvalue weighted by Gasteiger charge is 2.16. The van der Waals surface area contributed by atoms with Gasteiger partial charge in [-0.25, -0.2) is 0 Å². The van der Waals surface area contributed by atoms with E-state index in [1.165, 1.54) is 18.4 Å². The molecule has 6 nitrogen and oxygen atoms in total. The number of carbonyl (C=O) groups is 1. The number of rotatable bonds is 7. The minimum atomic E-state index is -0.231. The normalized spacial score (nSPS) is 11.2. The predicted octanol–water partition coefficient (Wildman–Crippen LogP) is 6.49. The van der Waals surface area contributed by atoms with Crippen LogP contribution in [0.25, 0.3) is 27.5 Å². The van der Waals surface area contributed by atoms with Gasteiger partial charge in [-0.15, -0.1) is 10.2 Å². The van der Waals surface area contributed by atoms with Gasteiger partial charge >= 0.3 is 0 Å². The molecule has 0 unspecified atom stereocenters. The third-order valence-corrected chi connectivity index (χ3v) is 6.27. The minimum Gasteiger partial charge on any atom is -0.496 e. The van der Waals surface area contributed by atoms with Crippen LogP contribution in [0.2, 0.25) is 0 Å². The fraction of sp³-hybridized carbons (Fsp3) is 0.207. The summed E-state index contributed by atoms with van der Waals surface area (Å²) in [7, 11) is 1.58. The lowest BCUT2D eigenvalue weighted by atomic mass is 10.0. The Bertz CT molecular complexity index is 1520. The summed E-state index contributed by atoms with van der Waals surface area (Å²) in [6.07, 6.45) is 3.44. The average molecular weight is 465 g/mol. The van der Waals surface area contributed by atoms with Crippen LogP contribution in [0.4, 0.5) is 5.69 Å². The molecule has 0 atom stereocenters. The van der Waals surface area contributed by atoms with Crippen LogP contribution in [-0.4, -0.2) is 28.0 Å². The van der Waals surface area contributed by atoms with Crippen molar-refractivity contribution in [3.05, 3.63) is 89.5 Å². The van der Waals surface area contributed by atoms with Crippen molar-refractivity contribution in [1.29, 1.82) is 0 Å². The molecule has 0 saturated carbocycles. The number of aromatic nitrogens is 3. The summed E-state index contributed by atoms with van der Waals surface area (Å²) in [4.78, 5) is 14.9. The van der Waals surface area contributed by atoms with Crippen molar-refractivity contribution in [2.45, 2.75) is 33.1 Å². The van der Waals surface area contributed by atoms with Gasteiger partial charge in [-0.1, -0.05) is 49.7 Å². The first-order valence-electron chi connectivity index (χ1n) is 11.9. The van der Waals surface area contributed by atoms with Gasteiger partial charge in [0, 0.05) is 5.69 Å². The molecular weight excluding hydrogens is 436 g/mol. The summed E-state index contributed by atoms with van der Waals surface area (Å²) >= 11 is 0. The summed E-state index contributed by atoms with van der Waals surface area (Å²) in [5, 5.41) is 14.3. The van der Waals surface area contributed by atoms with Crippen LogP contribution in [0, 0.1) is 6.92 Å². The van der Waals surface area contributed by atoms with E-state index in [1.54, 1.807) is 11.9 Å². The zero-order valence-corrected chi connectivity index (χ0v) is 20.2. The number of nitrogens with zero attached hydrogens (tertiary/aromatic N) is 3. The Balaban J connectivity index is 1.43. The maximum atomic E-state index is 13.2. The van der Waals surface area contributed by atoms with Crippen LogP contribution in [0.5, 0.6) is 5.75 Å². The summed E-state index contributed by atoms with van der Waals surface area (Å²) in [5.41, 5.74) is 5.80. The van der Waals surface area contributed by atoms with Crippen molar-refractivity contribution in [2.75, 3.05) is 12.4 Å². The van der Waals surface area contributed by atoms with Crippen LogP contribution in [0.3, 0.4) is 0 Å². The second kappa shape index (κ2) is 9.58. The van der Waals surface area contributed by atoms with E-state index >= 15 is 0 Å². The molecule has 1 aromatic heterocycles. The lowest BCUT2D eigenvalue weighted by Crippen LogP contribution is -2.14. The van der Waals surface area contributed by atoms with Gasteiger partial charge in [0.05, 0.1) is 18.4 Å². The van der Waals surface area contributed by atoms with E-state index in [0.717, 1.165) is 34.0 Å². The van der Waals surface area contributed by atoms with Gasteiger partial charge in [0.1, 0.15) is 16.8 Å². The van der Waals surface area contributed by atoms with E-state index in [4.69, 9.17) is 4.74 Å². The fourth-order valence-electron chi connectivity index (χ4n) is 4.25. The Morgan fingerprint density at radius 1 is 0.943 bits per heavy atom. The summed E-state index contributed by atoms with van der Waals surface area (Å²) in [5.74, 6) is 0.304. The number of nitrogens with one attached hydrogen (secondary N) is 1. The number of carbonyl (C=O) groups excluding carboxylic acids is 1. The summed E-state index contributed by atoms with van der Waals surface area (Å²) < 4.78 is 5.51. The number of anilines is 1. The van der Waals surface area contributed by atoms with Crippen LogP contribution in [0.15, 0.2) is 72.8 Å². The Kier molecular flexibility index (Phi) is 6.19. The molecule has 0 fully saturated rings. The van der Waals surface area contributed by atoms with Crippen molar-refractivity contribution in [2.24, 2.45) is 0 Å².